The summed E-state index contributed by atoms with van der Waals surface area (Å²) in [5.74, 6) is -0.625. The van der Waals surface area contributed by atoms with Gasteiger partial charge in [-0.05, 0) is 82.7 Å². The lowest BCUT2D eigenvalue weighted by atomic mass is 10.0. The van der Waals surface area contributed by atoms with E-state index in [1.807, 2.05) is 0 Å². The maximum Gasteiger partial charge on any atom is 0.411 e. The first-order valence-corrected chi connectivity index (χ1v) is 17.1. The second kappa shape index (κ2) is 15.6. The summed E-state index contributed by atoms with van der Waals surface area (Å²) in [6.45, 7) is -0.360. The molecule has 0 saturated carbocycles. The van der Waals surface area contributed by atoms with Crippen molar-refractivity contribution in [3.63, 3.8) is 0 Å². The van der Waals surface area contributed by atoms with Gasteiger partial charge in [-0.25, -0.2) is 27.7 Å². The monoisotopic (exact) mass is 741 g/mol. The minimum Gasteiger partial charge on any atom is -0.453 e. The van der Waals surface area contributed by atoms with E-state index in [0.29, 0.717) is 33.2 Å². The van der Waals surface area contributed by atoms with Crippen molar-refractivity contribution in [2.75, 3.05) is 19.0 Å². The predicted molar refractivity (Wildman–Crippen MR) is 189 cm³/mol. The summed E-state index contributed by atoms with van der Waals surface area (Å²) in [7, 11) is -2.90. The number of ether oxygens (including phenoxy) is 1. The molecule has 0 radical (unpaired) electrons. The number of tetrazole rings is 1. The van der Waals surface area contributed by atoms with Gasteiger partial charge in [-0.2, -0.15) is 14.9 Å². The van der Waals surface area contributed by atoms with E-state index in [-0.39, 0.29) is 22.7 Å². The number of hydrogen-bond donors (Lipinski definition) is 4. The molecular formula is C33H28ClN11O6S. The number of rotatable bonds is 12. The number of carbonyl (C=O) groups excluding carboxylic acids is 2. The third-order valence-corrected chi connectivity index (χ3v) is 9.15. The summed E-state index contributed by atoms with van der Waals surface area (Å²) in [5.41, 5.74) is 2.21. The molecule has 52 heavy (non-hydrogen) atoms. The number of anilines is 1. The van der Waals surface area contributed by atoms with Crippen molar-refractivity contribution in [1.82, 2.24) is 50.2 Å². The third kappa shape index (κ3) is 8.44. The van der Waals surface area contributed by atoms with E-state index < -0.39 is 33.6 Å². The number of amides is 2. The molecule has 17 nitrogen and oxygen atoms in total. The van der Waals surface area contributed by atoms with Gasteiger partial charge in [0.1, 0.15) is 6.33 Å². The highest BCUT2D eigenvalue weighted by Crippen LogP contribution is 2.23. The fourth-order valence-electron chi connectivity index (χ4n) is 4.96. The number of benzene rings is 3. The van der Waals surface area contributed by atoms with Gasteiger partial charge in [0.15, 0.2) is 0 Å². The van der Waals surface area contributed by atoms with Crippen LogP contribution in [0.15, 0.2) is 113 Å². The van der Waals surface area contributed by atoms with E-state index in [2.05, 4.69) is 50.9 Å². The third-order valence-electron chi connectivity index (χ3n) is 7.50. The molecule has 1 unspecified atom stereocenters. The smallest absolute Gasteiger partial charge is 0.411 e. The summed E-state index contributed by atoms with van der Waals surface area (Å²) < 4.78 is 37.1. The lowest BCUT2D eigenvalue weighted by molar-refractivity contribution is -0.117. The number of carbonyl (C=O) groups is 2. The Morgan fingerprint density at radius 1 is 1.04 bits per heavy atom. The zero-order valence-corrected chi connectivity index (χ0v) is 28.6. The molecule has 0 aliphatic carbocycles. The van der Waals surface area contributed by atoms with Crippen LogP contribution in [0.1, 0.15) is 17.3 Å². The van der Waals surface area contributed by atoms with Gasteiger partial charge in [0, 0.05) is 41.3 Å². The van der Waals surface area contributed by atoms with E-state index in [1.165, 1.54) is 53.2 Å². The van der Waals surface area contributed by atoms with Gasteiger partial charge in [-0.3, -0.25) is 14.9 Å². The van der Waals surface area contributed by atoms with E-state index >= 15 is 0 Å². The molecule has 6 aromatic rings. The molecule has 0 spiro atoms. The van der Waals surface area contributed by atoms with Gasteiger partial charge < -0.3 is 10.1 Å². The van der Waals surface area contributed by atoms with E-state index in [9.17, 15) is 22.8 Å². The fraction of sp³-hybridized carbons (Fsp3) is 0.0909. The van der Waals surface area contributed by atoms with Crippen LogP contribution in [0.3, 0.4) is 0 Å². The largest absolute Gasteiger partial charge is 0.453 e. The Hall–Kier alpha value is -6.50. The molecule has 3 heterocycles. The molecule has 0 saturated heterocycles. The summed E-state index contributed by atoms with van der Waals surface area (Å²) in [5, 5.41) is 27.6. The van der Waals surface area contributed by atoms with Crippen LogP contribution >= 0.6 is 11.6 Å². The summed E-state index contributed by atoms with van der Waals surface area (Å²) in [4.78, 5) is 37.9. The summed E-state index contributed by atoms with van der Waals surface area (Å²) in [6.07, 6.45) is 6.69. The Labute approximate surface area is 300 Å². The van der Waals surface area contributed by atoms with E-state index in [0.717, 1.165) is 0 Å². The van der Waals surface area contributed by atoms with E-state index in [1.54, 1.807) is 73.1 Å². The Morgan fingerprint density at radius 2 is 1.87 bits per heavy atom. The number of sulfonamides is 1. The molecule has 4 N–H and O–H groups in total. The van der Waals surface area contributed by atoms with Gasteiger partial charge in [0.2, 0.25) is 15.9 Å². The number of nitrogens with one attached hydrogen (secondary N) is 4. The van der Waals surface area contributed by atoms with Gasteiger partial charge in [0.05, 0.1) is 40.7 Å². The highest BCUT2D eigenvalue weighted by Gasteiger charge is 2.22. The van der Waals surface area contributed by atoms with E-state index in [4.69, 9.17) is 11.6 Å². The van der Waals surface area contributed by atoms with Crippen LogP contribution in [-0.2, 0) is 19.6 Å². The average molecular weight is 742 g/mol. The van der Waals surface area contributed by atoms with Gasteiger partial charge >= 0.3 is 6.09 Å². The Bertz CT molecular complexity index is 2400. The second-order valence-corrected chi connectivity index (χ2v) is 13.1. The van der Waals surface area contributed by atoms with Gasteiger partial charge in [-0.15, -0.1) is 5.10 Å². The number of nitrogens with zero attached hydrogens (tertiary/aromatic N) is 7. The molecule has 19 heteroatoms. The van der Waals surface area contributed by atoms with Crippen molar-refractivity contribution in [3.05, 3.63) is 130 Å². The number of methoxy groups -OCH3 is 1. The zero-order valence-electron chi connectivity index (χ0n) is 27.0. The van der Waals surface area contributed by atoms with Gasteiger partial charge in [-0.1, -0.05) is 29.8 Å². The van der Waals surface area contributed by atoms with Crippen LogP contribution < -0.4 is 20.9 Å². The first-order valence-electron chi connectivity index (χ1n) is 15.3. The molecule has 6 rings (SSSR count). The van der Waals surface area contributed by atoms with Crippen LogP contribution in [0.25, 0.3) is 28.6 Å². The lowest BCUT2D eigenvalue weighted by Crippen LogP contribution is -2.38. The van der Waals surface area contributed by atoms with Crippen molar-refractivity contribution < 1.29 is 22.7 Å². The summed E-state index contributed by atoms with van der Waals surface area (Å²) >= 11 is 6.22. The number of halogens is 1. The van der Waals surface area contributed by atoms with Crippen molar-refractivity contribution in [1.29, 1.82) is 0 Å². The molecular weight excluding hydrogens is 714 g/mol. The normalized spacial score (nSPS) is 12.0. The van der Waals surface area contributed by atoms with Crippen LogP contribution in [0.5, 0.6) is 0 Å². The molecule has 3 aromatic heterocycles. The summed E-state index contributed by atoms with van der Waals surface area (Å²) in [6, 6.07) is 19.5. The Balaban J connectivity index is 1.29. The standard InChI is InChI=1S/C33H28ClN11O6S/c1-51-33(48)38-24-10-6-21(7-11-24)27-18-28(40-41-32(27)47)29(19-37-52(49,50)26-5-2-4-25(17-26)44-15-3-14-36-44)39-31(46)13-8-22-16-23(34)9-12-30(22)45-20-35-42-43-45/h2-18,20,29,37H,19H2,1H3,(H,38,48)(H,39,46)(H,41,47). The topological polar surface area (TPSA) is 221 Å². The lowest BCUT2D eigenvalue weighted by Gasteiger charge is -2.19. The Morgan fingerprint density at radius 3 is 2.60 bits per heavy atom. The van der Waals surface area contributed by atoms with Crippen LogP contribution in [-0.4, -0.2) is 74.3 Å². The van der Waals surface area contributed by atoms with Crippen molar-refractivity contribution in [2.45, 2.75) is 10.9 Å². The Kier molecular flexibility index (Phi) is 10.6. The highest BCUT2D eigenvalue weighted by molar-refractivity contribution is 7.89. The molecule has 3 aromatic carbocycles. The maximum atomic E-state index is 13.5. The first kappa shape index (κ1) is 35.3. The number of aromatic amines is 1. The molecule has 264 valence electrons. The zero-order chi connectivity index (χ0) is 36.7. The minimum absolute atomic E-state index is 0.0441. The maximum absolute atomic E-state index is 13.5. The molecule has 1 atom stereocenters. The highest BCUT2D eigenvalue weighted by atomic mass is 35.5. The molecule has 0 aliphatic rings. The number of aromatic nitrogens is 8. The van der Waals surface area contributed by atoms with Crippen molar-refractivity contribution in [3.8, 4) is 22.5 Å². The molecule has 0 aliphatic heterocycles. The molecule has 0 fully saturated rings. The predicted octanol–water partition coefficient (Wildman–Crippen LogP) is 3.28. The quantitative estimate of drug-likeness (QED) is 0.133. The first-order chi connectivity index (χ1) is 25.1. The number of H-pyrrole nitrogens is 1. The van der Waals surface area contributed by atoms with Gasteiger partial charge in [0.25, 0.3) is 5.56 Å². The molecule has 2 amide bonds. The van der Waals surface area contributed by atoms with Crippen molar-refractivity contribution >= 4 is 45.4 Å². The number of hydrogen-bond acceptors (Lipinski definition) is 11. The average Bonchev–Trinajstić information content (AvgIpc) is 3.89. The van der Waals surface area contributed by atoms with Crippen LogP contribution in [0.2, 0.25) is 5.02 Å². The minimum atomic E-state index is -4.13. The molecule has 0 bridgehead atoms. The van der Waals surface area contributed by atoms with Crippen LogP contribution in [0.4, 0.5) is 10.5 Å². The van der Waals surface area contributed by atoms with Crippen molar-refractivity contribution in [2.24, 2.45) is 0 Å². The SMILES string of the molecule is COC(=O)Nc1ccc(-c2cc(C(CNS(=O)(=O)c3cccc(-n4cccn4)c3)NC(=O)C=Cc3cc(Cl)ccc3-n3cnnn3)n[nH]c2=O)cc1. The second-order valence-electron chi connectivity index (χ2n) is 10.9. The fourth-order valence-corrected chi connectivity index (χ4v) is 6.23. The van der Waals surface area contributed by atoms with Crippen LogP contribution in [0, 0.1) is 0 Å².